The van der Waals surface area contributed by atoms with Crippen molar-refractivity contribution >= 4 is 7.85 Å². The van der Waals surface area contributed by atoms with E-state index in [-0.39, 0.29) is 31.1 Å². The Balaban J connectivity index is -0.0000000576. The van der Waals surface area contributed by atoms with Crippen molar-refractivity contribution < 1.29 is 31.1 Å². The standard InChI is InChI=1S/C6H14.C5H12.CH3B.U/c1-5-6(2,3)4;1-5(2,3)4;1-2;/h5H2,1-4H3;1-4H3;1H3;. The Bertz CT molecular complexity index is 81.5. The average Bonchev–Trinajstić information content (AvgIpc) is 1.87. The third kappa shape index (κ3) is 114. The Morgan fingerprint density at radius 2 is 0.857 bits per heavy atom. The van der Waals surface area contributed by atoms with Crippen LogP contribution in [-0.4, -0.2) is 7.85 Å². The van der Waals surface area contributed by atoms with E-state index in [0.29, 0.717) is 10.8 Å². The van der Waals surface area contributed by atoms with E-state index >= 15 is 0 Å². The molecule has 0 saturated heterocycles. The van der Waals surface area contributed by atoms with E-state index in [9.17, 15) is 0 Å². The molecule has 0 saturated carbocycles. The summed E-state index contributed by atoms with van der Waals surface area (Å²) in [6.07, 6.45) is 1.27. The third-order valence-electron chi connectivity index (χ3n) is 1.06. The van der Waals surface area contributed by atoms with Gasteiger partial charge in [0.05, 0.1) is 7.85 Å². The first kappa shape index (κ1) is 24.4. The van der Waals surface area contributed by atoms with Crippen molar-refractivity contribution in [3.8, 4) is 0 Å². The molecule has 0 spiro atoms. The van der Waals surface area contributed by atoms with Crippen molar-refractivity contribution in [3.05, 3.63) is 0 Å². The topological polar surface area (TPSA) is 0 Å². The van der Waals surface area contributed by atoms with E-state index in [1.54, 1.807) is 0 Å². The van der Waals surface area contributed by atoms with Gasteiger partial charge in [-0.2, -0.15) is 0 Å². The van der Waals surface area contributed by atoms with Gasteiger partial charge in [-0.05, 0) is 10.8 Å². The van der Waals surface area contributed by atoms with Gasteiger partial charge in [-0.15, -0.1) is 0 Å². The first-order chi connectivity index (χ1) is 5.56. The normalized spacial score (nSPS) is 9.79. The van der Waals surface area contributed by atoms with Crippen molar-refractivity contribution in [3.63, 3.8) is 0 Å². The second-order valence-corrected chi connectivity index (χ2v) is 5.91. The van der Waals surface area contributed by atoms with Crippen molar-refractivity contribution in [2.24, 2.45) is 10.8 Å². The maximum atomic E-state index is 4.50. The molecule has 0 nitrogen and oxygen atoms in total. The number of hydrogen-bond acceptors (Lipinski definition) is 0. The molecule has 0 heterocycles. The minimum absolute atomic E-state index is 0. The summed E-state index contributed by atoms with van der Waals surface area (Å²) in [5.74, 6) is 0. The van der Waals surface area contributed by atoms with Crippen LogP contribution in [0.4, 0.5) is 0 Å². The second-order valence-electron chi connectivity index (χ2n) is 5.91. The van der Waals surface area contributed by atoms with Crippen LogP contribution in [0.3, 0.4) is 0 Å². The average molecular weight is 422 g/mol. The van der Waals surface area contributed by atoms with Crippen molar-refractivity contribution in [1.82, 2.24) is 0 Å². The van der Waals surface area contributed by atoms with E-state index in [0.717, 1.165) is 0 Å². The molecule has 0 atom stereocenters. The molecule has 0 bridgehead atoms. The molecule has 0 rings (SSSR count). The molecular weight excluding hydrogens is 393 g/mol. The van der Waals surface area contributed by atoms with Crippen LogP contribution in [0.15, 0.2) is 0 Å². The van der Waals surface area contributed by atoms with Gasteiger partial charge in [0.2, 0.25) is 0 Å². The Labute approximate surface area is 118 Å². The van der Waals surface area contributed by atoms with Crippen molar-refractivity contribution in [2.75, 3.05) is 0 Å². The van der Waals surface area contributed by atoms with Crippen LogP contribution in [0.25, 0.3) is 0 Å². The maximum absolute atomic E-state index is 4.50. The molecule has 0 aliphatic heterocycles. The van der Waals surface area contributed by atoms with Gasteiger partial charge < -0.3 is 0 Å². The zero-order chi connectivity index (χ0) is 11.7. The molecule has 0 aromatic rings. The Kier molecular flexibility index (Phi) is 21.2. The van der Waals surface area contributed by atoms with Crippen LogP contribution in [0.5, 0.6) is 0 Å². The van der Waals surface area contributed by atoms with Crippen LogP contribution < -0.4 is 0 Å². The molecule has 84 valence electrons. The van der Waals surface area contributed by atoms with E-state index in [1.165, 1.54) is 13.2 Å². The van der Waals surface area contributed by atoms with Gasteiger partial charge in [0.15, 0.2) is 0 Å². The van der Waals surface area contributed by atoms with Gasteiger partial charge in [0.25, 0.3) is 0 Å². The van der Waals surface area contributed by atoms with Gasteiger partial charge in [0.1, 0.15) is 0 Å². The molecule has 2 radical (unpaired) electrons. The SMILES string of the molecule is CC(C)(C)C.CCC(C)(C)C.[B]C.[U]. The fraction of sp³-hybridized carbons (Fsp3) is 1.00. The summed E-state index contributed by atoms with van der Waals surface area (Å²) in [7, 11) is 4.50. The number of hydrogen-bond donors (Lipinski definition) is 0. The molecular formula is C12H29BU. The summed E-state index contributed by atoms with van der Waals surface area (Å²) >= 11 is 0. The van der Waals surface area contributed by atoms with E-state index in [2.05, 4.69) is 63.2 Å². The van der Waals surface area contributed by atoms with Crippen molar-refractivity contribution in [2.45, 2.75) is 68.6 Å². The maximum Gasteiger partial charge on any atom is 0.0606 e. The van der Waals surface area contributed by atoms with Gasteiger partial charge >= 0.3 is 0 Å². The van der Waals surface area contributed by atoms with Crippen LogP contribution in [0.2, 0.25) is 6.82 Å². The summed E-state index contributed by atoms with van der Waals surface area (Å²) < 4.78 is 0. The smallest absolute Gasteiger partial charge is 0.0606 e. The van der Waals surface area contributed by atoms with Crippen LogP contribution >= 0.6 is 0 Å². The van der Waals surface area contributed by atoms with E-state index in [1.807, 2.05) is 0 Å². The first-order valence-electron chi connectivity index (χ1n) is 5.14. The molecule has 0 aromatic carbocycles. The third-order valence-corrected chi connectivity index (χ3v) is 1.06. The summed E-state index contributed by atoms with van der Waals surface area (Å²) in [6.45, 7) is 19.2. The van der Waals surface area contributed by atoms with Gasteiger partial charge in [-0.1, -0.05) is 68.6 Å². The monoisotopic (exact) mass is 422 g/mol. The molecule has 0 aliphatic rings. The summed E-state index contributed by atoms with van der Waals surface area (Å²) in [5.41, 5.74) is 1.04. The van der Waals surface area contributed by atoms with Crippen LogP contribution in [-0.2, 0) is 0 Å². The Morgan fingerprint density at radius 3 is 0.857 bits per heavy atom. The number of rotatable bonds is 0. The van der Waals surface area contributed by atoms with Gasteiger partial charge in [-0.3, -0.25) is 0 Å². The van der Waals surface area contributed by atoms with Gasteiger partial charge in [0, 0.05) is 31.1 Å². The minimum atomic E-state index is 0. The van der Waals surface area contributed by atoms with Crippen LogP contribution in [0, 0.1) is 41.9 Å². The van der Waals surface area contributed by atoms with Gasteiger partial charge in [-0.25, -0.2) is 0 Å². The molecule has 2 heteroatoms. The first-order valence-corrected chi connectivity index (χ1v) is 5.14. The predicted octanol–water partition coefficient (Wildman–Crippen LogP) is 4.70. The fourth-order valence-corrected chi connectivity index (χ4v) is 0. The fourth-order valence-electron chi connectivity index (χ4n) is 0. The molecule has 0 aliphatic carbocycles. The largest absolute Gasteiger partial charge is 0.0999 e. The van der Waals surface area contributed by atoms with E-state index < -0.39 is 0 Å². The molecule has 0 N–H and O–H groups in total. The Morgan fingerprint density at radius 1 is 0.786 bits per heavy atom. The molecule has 0 fully saturated rings. The van der Waals surface area contributed by atoms with Crippen LogP contribution in [0.1, 0.15) is 61.8 Å². The summed E-state index contributed by atoms with van der Waals surface area (Å²) in [5, 5.41) is 0. The summed E-state index contributed by atoms with van der Waals surface area (Å²) in [6, 6.07) is 0. The second kappa shape index (κ2) is 12.2. The summed E-state index contributed by atoms with van der Waals surface area (Å²) in [4.78, 5) is 0. The quantitative estimate of drug-likeness (QED) is 0.497. The Hall–Kier alpha value is 1.12. The minimum Gasteiger partial charge on any atom is -0.0999 e. The molecule has 0 unspecified atom stereocenters. The van der Waals surface area contributed by atoms with E-state index in [4.69, 9.17) is 0 Å². The van der Waals surface area contributed by atoms with Crippen molar-refractivity contribution in [1.29, 1.82) is 0 Å². The molecule has 0 aromatic heterocycles. The molecule has 0 amide bonds. The zero-order valence-electron chi connectivity index (χ0n) is 11.8. The predicted molar refractivity (Wildman–Crippen MR) is 66.5 cm³/mol. The zero-order valence-corrected chi connectivity index (χ0v) is 15.9. The molecule has 14 heavy (non-hydrogen) atoms.